The Hall–Kier alpha value is -3.21. The van der Waals surface area contributed by atoms with Gasteiger partial charge in [0.1, 0.15) is 5.52 Å². The highest BCUT2D eigenvalue weighted by atomic mass is 16.1. The van der Waals surface area contributed by atoms with E-state index in [1.165, 1.54) is 4.68 Å². The predicted molar refractivity (Wildman–Crippen MR) is 98.7 cm³/mol. The van der Waals surface area contributed by atoms with Crippen molar-refractivity contribution < 1.29 is 0 Å². The molecule has 0 unspecified atom stereocenters. The van der Waals surface area contributed by atoms with Crippen LogP contribution in [-0.2, 0) is 0 Å². The van der Waals surface area contributed by atoms with E-state index in [-0.39, 0.29) is 5.56 Å². The van der Waals surface area contributed by atoms with Gasteiger partial charge in [-0.1, -0.05) is 30.3 Å². The molecule has 2 aromatic heterocycles. The number of aromatic nitrogens is 4. The first-order valence-electron chi connectivity index (χ1n) is 8.17. The summed E-state index contributed by atoms with van der Waals surface area (Å²) >= 11 is 0. The molecule has 0 N–H and O–H groups in total. The lowest BCUT2D eigenvalue weighted by atomic mass is 10.1. The van der Waals surface area contributed by atoms with Crippen LogP contribution in [0.3, 0.4) is 0 Å². The molecule has 0 atom stereocenters. The van der Waals surface area contributed by atoms with Crippen LogP contribution >= 0.6 is 0 Å². The Morgan fingerprint density at radius 2 is 1.64 bits per heavy atom. The number of nitrogens with zero attached hydrogens (tertiary/aromatic N) is 4. The number of aryl methyl sites for hydroxylation is 2. The first-order valence-corrected chi connectivity index (χ1v) is 8.17. The minimum atomic E-state index is -0.171. The van der Waals surface area contributed by atoms with E-state index in [1.807, 2.05) is 69.3 Å². The van der Waals surface area contributed by atoms with E-state index in [4.69, 9.17) is 0 Å². The number of benzene rings is 2. The third-order valence-electron chi connectivity index (χ3n) is 4.61. The maximum Gasteiger partial charge on any atom is 0.298 e. The van der Waals surface area contributed by atoms with Crippen molar-refractivity contribution in [3.05, 3.63) is 81.9 Å². The molecule has 124 valence electrons. The molecular weight excluding hydrogens is 312 g/mol. The molecule has 0 radical (unpaired) electrons. The number of hydrogen-bond acceptors (Lipinski definition) is 3. The molecule has 2 aromatic carbocycles. The normalized spacial score (nSPS) is 11.2. The van der Waals surface area contributed by atoms with E-state index in [0.717, 1.165) is 33.6 Å². The second kappa shape index (κ2) is 5.70. The van der Waals surface area contributed by atoms with Crippen LogP contribution in [-0.4, -0.2) is 19.6 Å². The average Bonchev–Trinajstić information content (AvgIpc) is 3.07. The molecular formula is C20H18N4O. The van der Waals surface area contributed by atoms with Gasteiger partial charge in [0.05, 0.1) is 23.3 Å². The van der Waals surface area contributed by atoms with Crippen LogP contribution in [0.4, 0.5) is 0 Å². The molecule has 0 aliphatic heterocycles. The quantitative estimate of drug-likeness (QED) is 0.565. The third kappa shape index (κ3) is 2.36. The average molecular weight is 330 g/mol. The maximum atomic E-state index is 13.2. The van der Waals surface area contributed by atoms with Gasteiger partial charge >= 0.3 is 0 Å². The van der Waals surface area contributed by atoms with E-state index >= 15 is 0 Å². The highest BCUT2D eigenvalue weighted by Gasteiger charge is 2.16. The molecule has 0 bridgehead atoms. The van der Waals surface area contributed by atoms with E-state index in [9.17, 15) is 4.79 Å². The van der Waals surface area contributed by atoms with Gasteiger partial charge in [-0.05, 0) is 50.1 Å². The largest absolute Gasteiger partial charge is 0.298 e. The van der Waals surface area contributed by atoms with Crippen molar-refractivity contribution in [2.24, 2.45) is 0 Å². The summed E-state index contributed by atoms with van der Waals surface area (Å²) in [4.78, 5) is 13.2. The highest BCUT2D eigenvalue weighted by molar-refractivity contribution is 5.81. The van der Waals surface area contributed by atoms with Crippen LogP contribution in [0.1, 0.15) is 16.8 Å². The standard InChI is InChI=1S/C20H18N4O/c1-13-8-7-11-18(14(13)2)24-20(25)19-17(15(3)22-24)12-21-23(19)16-9-5-4-6-10-16/h4-12H,1-3H3. The monoisotopic (exact) mass is 330 g/mol. The minimum absolute atomic E-state index is 0.171. The molecule has 0 aliphatic carbocycles. The summed E-state index contributed by atoms with van der Waals surface area (Å²) in [5.74, 6) is 0. The van der Waals surface area contributed by atoms with Crippen LogP contribution in [0.15, 0.2) is 59.5 Å². The number of hydrogen-bond donors (Lipinski definition) is 0. The van der Waals surface area contributed by atoms with E-state index in [2.05, 4.69) is 10.2 Å². The maximum absolute atomic E-state index is 13.2. The molecule has 2 heterocycles. The van der Waals surface area contributed by atoms with Gasteiger partial charge in [-0.15, -0.1) is 0 Å². The third-order valence-corrected chi connectivity index (χ3v) is 4.61. The van der Waals surface area contributed by atoms with E-state index in [1.54, 1.807) is 10.9 Å². The summed E-state index contributed by atoms with van der Waals surface area (Å²) in [6, 6.07) is 15.6. The smallest absolute Gasteiger partial charge is 0.265 e. The van der Waals surface area contributed by atoms with Crippen LogP contribution in [0.25, 0.3) is 22.3 Å². The van der Waals surface area contributed by atoms with Gasteiger partial charge in [0.2, 0.25) is 0 Å². The van der Waals surface area contributed by atoms with Crippen molar-refractivity contribution in [3.8, 4) is 11.4 Å². The summed E-state index contributed by atoms with van der Waals surface area (Å²) < 4.78 is 3.18. The second-order valence-corrected chi connectivity index (χ2v) is 6.18. The molecule has 0 amide bonds. The second-order valence-electron chi connectivity index (χ2n) is 6.18. The topological polar surface area (TPSA) is 52.7 Å². The fraction of sp³-hybridized carbons (Fsp3) is 0.150. The lowest BCUT2D eigenvalue weighted by Crippen LogP contribution is -2.24. The molecule has 0 spiro atoms. The Morgan fingerprint density at radius 3 is 2.40 bits per heavy atom. The lowest BCUT2D eigenvalue weighted by Gasteiger charge is -2.12. The van der Waals surface area contributed by atoms with Crippen molar-refractivity contribution in [3.63, 3.8) is 0 Å². The van der Waals surface area contributed by atoms with Crippen LogP contribution in [0.5, 0.6) is 0 Å². The lowest BCUT2D eigenvalue weighted by molar-refractivity contribution is 0.785. The number of fused-ring (bicyclic) bond motifs is 1. The fourth-order valence-electron chi connectivity index (χ4n) is 3.06. The Kier molecular flexibility index (Phi) is 3.50. The Morgan fingerprint density at radius 1 is 0.880 bits per heavy atom. The zero-order chi connectivity index (χ0) is 17.6. The van der Waals surface area contributed by atoms with Gasteiger partial charge < -0.3 is 0 Å². The summed E-state index contributed by atoms with van der Waals surface area (Å²) in [6.45, 7) is 5.94. The number of para-hydroxylation sites is 1. The van der Waals surface area contributed by atoms with Crippen molar-refractivity contribution in [1.82, 2.24) is 19.6 Å². The zero-order valence-corrected chi connectivity index (χ0v) is 14.4. The van der Waals surface area contributed by atoms with Gasteiger partial charge in [-0.2, -0.15) is 14.9 Å². The molecule has 5 nitrogen and oxygen atoms in total. The molecule has 4 aromatic rings. The van der Waals surface area contributed by atoms with Gasteiger partial charge in [-0.25, -0.2) is 4.68 Å². The fourth-order valence-corrected chi connectivity index (χ4v) is 3.06. The van der Waals surface area contributed by atoms with Crippen LogP contribution in [0.2, 0.25) is 0 Å². The molecule has 0 saturated heterocycles. The molecule has 5 heteroatoms. The van der Waals surface area contributed by atoms with Crippen molar-refractivity contribution >= 4 is 10.9 Å². The first-order chi connectivity index (χ1) is 12.1. The van der Waals surface area contributed by atoms with Gasteiger partial charge in [0.15, 0.2) is 0 Å². The predicted octanol–water partition coefficient (Wildman–Crippen LogP) is 3.50. The summed E-state index contributed by atoms with van der Waals surface area (Å²) in [6.07, 6.45) is 1.71. The van der Waals surface area contributed by atoms with Crippen molar-refractivity contribution in [2.45, 2.75) is 20.8 Å². The number of rotatable bonds is 2. The highest BCUT2D eigenvalue weighted by Crippen LogP contribution is 2.20. The molecule has 25 heavy (non-hydrogen) atoms. The van der Waals surface area contributed by atoms with Crippen molar-refractivity contribution in [2.75, 3.05) is 0 Å². The minimum Gasteiger partial charge on any atom is -0.265 e. The summed E-state index contributed by atoms with van der Waals surface area (Å²) in [5.41, 5.74) is 4.97. The Labute approximate surface area is 145 Å². The van der Waals surface area contributed by atoms with Crippen LogP contribution < -0.4 is 5.56 Å². The van der Waals surface area contributed by atoms with E-state index in [0.29, 0.717) is 5.52 Å². The SMILES string of the molecule is Cc1cccc(-n2nc(C)c3cnn(-c4ccccc4)c3c2=O)c1C. The van der Waals surface area contributed by atoms with Gasteiger partial charge in [0, 0.05) is 5.39 Å². The van der Waals surface area contributed by atoms with Crippen molar-refractivity contribution in [1.29, 1.82) is 0 Å². The molecule has 0 aliphatic rings. The molecule has 0 saturated carbocycles. The van der Waals surface area contributed by atoms with Gasteiger partial charge in [0.25, 0.3) is 5.56 Å². The Bertz CT molecular complexity index is 1140. The summed E-state index contributed by atoms with van der Waals surface area (Å²) in [7, 11) is 0. The summed E-state index contributed by atoms with van der Waals surface area (Å²) in [5, 5.41) is 9.73. The first kappa shape index (κ1) is 15.3. The zero-order valence-electron chi connectivity index (χ0n) is 14.4. The van der Waals surface area contributed by atoms with E-state index < -0.39 is 0 Å². The van der Waals surface area contributed by atoms with Gasteiger partial charge in [-0.3, -0.25) is 4.79 Å². The molecule has 4 rings (SSSR count). The molecule has 0 fully saturated rings. The van der Waals surface area contributed by atoms with Crippen LogP contribution in [0, 0.1) is 20.8 Å². The Balaban J connectivity index is 2.08.